The largest absolute Gasteiger partial charge is 0.325 e. The molecule has 1 fully saturated rings. The number of hydrogen-bond donors (Lipinski definition) is 1. The average Bonchev–Trinajstić information content (AvgIpc) is 3.37. The minimum absolute atomic E-state index is 0.235. The van der Waals surface area contributed by atoms with E-state index in [1.807, 2.05) is 25.1 Å². The molecule has 0 radical (unpaired) electrons. The van der Waals surface area contributed by atoms with Crippen molar-refractivity contribution in [3.63, 3.8) is 0 Å². The van der Waals surface area contributed by atoms with Gasteiger partial charge in [0.1, 0.15) is 11.8 Å². The number of carbonyl (C=O) groups excluding carboxylic acids is 3. The van der Waals surface area contributed by atoms with Crippen molar-refractivity contribution in [1.29, 1.82) is 0 Å². The number of pyridine rings is 1. The number of hydrogen-bond acceptors (Lipinski definition) is 7. The Balaban J connectivity index is 1.39. The fraction of sp³-hybridized carbons (Fsp3) is 0.179. The van der Waals surface area contributed by atoms with Crippen LogP contribution in [0, 0.1) is 12.8 Å². The summed E-state index contributed by atoms with van der Waals surface area (Å²) in [7, 11) is 0. The third-order valence-electron chi connectivity index (χ3n) is 6.81. The number of nitrogens with zero attached hydrogens (tertiary/aromatic N) is 3. The number of amides is 3. The highest BCUT2D eigenvalue weighted by Crippen LogP contribution is 2.53. The zero-order chi connectivity index (χ0) is 27.3. The number of aromatic nitrogens is 2. The zero-order valence-corrected chi connectivity index (χ0v) is 22.9. The Bertz CT molecular complexity index is 1650. The third kappa shape index (κ3) is 4.58. The van der Waals surface area contributed by atoms with Gasteiger partial charge in [0, 0.05) is 33.9 Å². The summed E-state index contributed by atoms with van der Waals surface area (Å²) < 4.78 is 1.39. The number of rotatable bonds is 5. The Labute approximate surface area is 236 Å². The van der Waals surface area contributed by atoms with E-state index in [1.165, 1.54) is 21.2 Å². The average molecular weight is 577 g/mol. The maximum absolute atomic E-state index is 13.8. The van der Waals surface area contributed by atoms with E-state index in [4.69, 9.17) is 11.6 Å². The van der Waals surface area contributed by atoms with E-state index >= 15 is 0 Å². The molecule has 4 aromatic rings. The number of halogens is 1. The van der Waals surface area contributed by atoms with Crippen molar-refractivity contribution < 1.29 is 14.4 Å². The van der Waals surface area contributed by atoms with Crippen LogP contribution < -0.4 is 15.1 Å². The van der Waals surface area contributed by atoms with Crippen LogP contribution in [-0.2, 0) is 20.9 Å². The predicted molar refractivity (Wildman–Crippen MR) is 152 cm³/mol. The molecule has 2 aliphatic rings. The topological polar surface area (TPSA) is 101 Å². The van der Waals surface area contributed by atoms with Gasteiger partial charge >= 0.3 is 4.87 Å². The molecule has 0 saturated carbocycles. The van der Waals surface area contributed by atoms with Gasteiger partial charge in [-0.15, -0.1) is 0 Å². The van der Waals surface area contributed by atoms with Crippen LogP contribution in [0.3, 0.4) is 0 Å². The first-order chi connectivity index (χ1) is 18.8. The van der Waals surface area contributed by atoms with E-state index in [0.717, 1.165) is 22.5 Å². The Kier molecular flexibility index (Phi) is 6.62. The molecule has 39 heavy (non-hydrogen) atoms. The molecule has 1 saturated heterocycles. The quantitative estimate of drug-likeness (QED) is 0.346. The molecule has 1 N–H and O–H groups in total. The first kappa shape index (κ1) is 25.5. The standard InChI is InChI=1S/C28H21ClN4O4S2/c1-15-4-10-19(11-5-15)33-25(35)22-21(16-3-2-12-30-13-16)24-27(38-23(22)26(33)36)32(28(37)39-24)14-20(34)31-18-8-6-17(29)7-9-18/h2-13,21-23H,14H2,1H3,(H,31,34)/t21-,22+,23-/m0/s1. The Morgan fingerprint density at radius 3 is 2.46 bits per heavy atom. The van der Waals surface area contributed by atoms with E-state index in [2.05, 4.69) is 10.3 Å². The number of thioether (sulfide) groups is 1. The lowest BCUT2D eigenvalue weighted by molar-refractivity contribution is -0.122. The van der Waals surface area contributed by atoms with Crippen molar-refractivity contribution in [2.75, 3.05) is 10.2 Å². The van der Waals surface area contributed by atoms with Crippen LogP contribution in [0.25, 0.3) is 0 Å². The van der Waals surface area contributed by atoms with Gasteiger partial charge in [-0.1, -0.05) is 58.5 Å². The van der Waals surface area contributed by atoms with Gasteiger partial charge in [0.2, 0.25) is 17.7 Å². The van der Waals surface area contributed by atoms with E-state index in [0.29, 0.717) is 26.3 Å². The molecular weight excluding hydrogens is 556 g/mol. The molecule has 11 heteroatoms. The van der Waals surface area contributed by atoms with Gasteiger partial charge in [-0.2, -0.15) is 0 Å². The molecular formula is C28H21ClN4O4S2. The van der Waals surface area contributed by atoms with Crippen molar-refractivity contribution in [3.8, 4) is 0 Å². The first-order valence-electron chi connectivity index (χ1n) is 12.1. The minimum Gasteiger partial charge on any atom is -0.325 e. The zero-order valence-electron chi connectivity index (χ0n) is 20.5. The molecule has 196 valence electrons. The molecule has 2 aliphatic heterocycles. The number of nitrogens with one attached hydrogen (secondary N) is 1. The highest BCUT2D eigenvalue weighted by atomic mass is 35.5. The second-order valence-electron chi connectivity index (χ2n) is 9.35. The molecule has 8 nitrogen and oxygen atoms in total. The maximum Gasteiger partial charge on any atom is 0.308 e. The first-order valence-corrected chi connectivity index (χ1v) is 14.2. The molecule has 0 bridgehead atoms. The molecule has 3 amide bonds. The van der Waals surface area contributed by atoms with E-state index in [1.54, 1.807) is 54.9 Å². The highest BCUT2D eigenvalue weighted by Gasteiger charge is 2.56. The van der Waals surface area contributed by atoms with Crippen molar-refractivity contribution in [3.05, 3.63) is 104 Å². The summed E-state index contributed by atoms with van der Waals surface area (Å²) in [6, 6.07) is 17.5. The van der Waals surface area contributed by atoms with Crippen LogP contribution in [-0.4, -0.2) is 32.5 Å². The van der Waals surface area contributed by atoms with Gasteiger partial charge in [-0.3, -0.25) is 28.7 Å². The summed E-state index contributed by atoms with van der Waals surface area (Å²) in [4.78, 5) is 59.5. The SMILES string of the molecule is Cc1ccc(N2C(=O)[C@@H]3[C@H](c4cccnc4)c4sc(=O)n(CC(=O)Nc5ccc(Cl)cc5)c4S[C@@H]3C2=O)cc1. The van der Waals surface area contributed by atoms with Gasteiger partial charge in [-0.05, 0) is 55.0 Å². The van der Waals surface area contributed by atoms with Gasteiger partial charge in [0.15, 0.2) is 0 Å². The Morgan fingerprint density at radius 1 is 1.03 bits per heavy atom. The molecule has 3 atom stereocenters. The normalized spacial score (nSPS) is 20.1. The van der Waals surface area contributed by atoms with Crippen molar-refractivity contribution in [2.24, 2.45) is 5.92 Å². The number of anilines is 2. The van der Waals surface area contributed by atoms with Crippen LogP contribution in [0.2, 0.25) is 5.02 Å². The lowest BCUT2D eigenvalue weighted by atomic mass is 9.84. The monoisotopic (exact) mass is 576 g/mol. The summed E-state index contributed by atoms with van der Waals surface area (Å²) in [5, 5.41) is 3.09. The molecule has 2 aromatic heterocycles. The summed E-state index contributed by atoms with van der Waals surface area (Å²) in [5.41, 5.74) is 2.81. The number of aryl methyl sites for hydroxylation is 1. The van der Waals surface area contributed by atoms with Crippen LogP contribution in [0.15, 0.2) is 82.9 Å². The van der Waals surface area contributed by atoms with E-state index in [9.17, 15) is 19.2 Å². The summed E-state index contributed by atoms with van der Waals surface area (Å²) in [6.45, 7) is 1.70. The minimum atomic E-state index is -0.754. The molecule has 2 aromatic carbocycles. The number of benzene rings is 2. The predicted octanol–water partition coefficient (Wildman–Crippen LogP) is 4.70. The smallest absolute Gasteiger partial charge is 0.308 e. The number of fused-ring (bicyclic) bond motifs is 2. The summed E-state index contributed by atoms with van der Waals surface area (Å²) in [5.74, 6) is -2.31. The van der Waals surface area contributed by atoms with Crippen LogP contribution >= 0.6 is 34.7 Å². The van der Waals surface area contributed by atoms with E-state index < -0.39 is 23.0 Å². The fourth-order valence-electron chi connectivity index (χ4n) is 5.00. The second kappa shape index (κ2) is 10.1. The molecule has 4 heterocycles. The second-order valence-corrected chi connectivity index (χ2v) is 11.9. The van der Waals surface area contributed by atoms with Gasteiger partial charge in [-0.25, -0.2) is 4.90 Å². The molecule has 0 aliphatic carbocycles. The van der Waals surface area contributed by atoms with E-state index in [-0.39, 0.29) is 23.2 Å². The Hall–Kier alpha value is -3.73. The van der Waals surface area contributed by atoms with Crippen LogP contribution in [0.5, 0.6) is 0 Å². The highest BCUT2D eigenvalue weighted by molar-refractivity contribution is 8.00. The van der Waals surface area contributed by atoms with Crippen LogP contribution in [0.1, 0.15) is 21.9 Å². The van der Waals surface area contributed by atoms with Gasteiger partial charge in [0.05, 0.1) is 16.6 Å². The summed E-state index contributed by atoms with van der Waals surface area (Å²) >= 11 is 8.11. The maximum atomic E-state index is 13.8. The van der Waals surface area contributed by atoms with Crippen molar-refractivity contribution in [1.82, 2.24) is 9.55 Å². The van der Waals surface area contributed by atoms with Crippen LogP contribution in [0.4, 0.5) is 11.4 Å². The Morgan fingerprint density at radius 2 is 1.77 bits per heavy atom. The van der Waals surface area contributed by atoms with Crippen molar-refractivity contribution in [2.45, 2.75) is 29.7 Å². The van der Waals surface area contributed by atoms with Gasteiger partial charge < -0.3 is 5.32 Å². The molecule has 6 rings (SSSR count). The molecule has 0 unspecified atom stereocenters. The van der Waals surface area contributed by atoms with Gasteiger partial charge in [0.25, 0.3) is 0 Å². The summed E-state index contributed by atoms with van der Waals surface area (Å²) in [6.07, 6.45) is 3.30. The lowest BCUT2D eigenvalue weighted by Gasteiger charge is -2.30. The number of carbonyl (C=O) groups is 3. The van der Waals surface area contributed by atoms with Crippen molar-refractivity contribution >= 4 is 63.8 Å². The number of thiazole rings is 1. The lowest BCUT2D eigenvalue weighted by Crippen LogP contribution is -2.33. The number of imide groups is 1. The fourth-order valence-corrected chi connectivity index (χ4v) is 7.90. The molecule has 0 spiro atoms. The third-order valence-corrected chi connectivity index (χ3v) is 9.67.